The third-order valence-corrected chi connectivity index (χ3v) is 5.11. The molecule has 2 heterocycles. The van der Waals surface area contributed by atoms with E-state index in [1.165, 1.54) is 13.0 Å². The van der Waals surface area contributed by atoms with Crippen molar-refractivity contribution < 1.29 is 18.0 Å². The highest BCUT2D eigenvalue weighted by Crippen LogP contribution is 2.32. The molecule has 1 amide bonds. The molecule has 0 aliphatic heterocycles. The Morgan fingerprint density at radius 1 is 1.23 bits per heavy atom. The Labute approximate surface area is 179 Å². The van der Waals surface area contributed by atoms with Crippen LogP contribution in [0.1, 0.15) is 24.7 Å². The van der Waals surface area contributed by atoms with Crippen molar-refractivity contribution in [3.63, 3.8) is 0 Å². The molecule has 0 bridgehead atoms. The van der Waals surface area contributed by atoms with Gasteiger partial charge in [-0.1, -0.05) is 17.7 Å². The first-order valence-corrected chi connectivity index (χ1v) is 10.1. The number of hydrogen-bond donors (Lipinski definition) is 1. The minimum Gasteiger partial charge on any atom is -0.356 e. The highest BCUT2D eigenvalue weighted by molar-refractivity contribution is 7.99. The van der Waals surface area contributed by atoms with Crippen LogP contribution in [0.5, 0.6) is 0 Å². The number of carbonyl (C=O) groups excluding carboxylic acids is 1. The molecule has 0 unspecified atom stereocenters. The molecule has 0 fully saturated rings. The Bertz CT molecular complexity index is 1020. The summed E-state index contributed by atoms with van der Waals surface area (Å²) in [6.07, 6.45) is -2.49. The van der Waals surface area contributed by atoms with E-state index in [0.717, 1.165) is 29.7 Å². The zero-order chi connectivity index (χ0) is 21.7. The summed E-state index contributed by atoms with van der Waals surface area (Å²) in [5.41, 5.74) is -0.0988. The third kappa shape index (κ3) is 5.73. The van der Waals surface area contributed by atoms with Crippen molar-refractivity contribution >= 4 is 29.3 Å². The highest BCUT2D eigenvalue weighted by atomic mass is 35.5. The number of carbonyl (C=O) groups is 1. The standard InChI is InChI=1S/C19H17ClF3N5OS/c1-12(29)24-9-3-6-16-26-27-18(28(16)15-5-2-4-14(20)10-15)30-17-8-7-13(11-25-17)19(21,22)23/h2,4-5,7-8,10-11H,3,6,9H2,1H3,(H,24,29). The molecule has 0 atom stereocenters. The van der Waals surface area contributed by atoms with Gasteiger partial charge in [0.05, 0.1) is 11.3 Å². The molecular formula is C19H17ClF3N5OS. The zero-order valence-corrected chi connectivity index (χ0v) is 17.4. The van der Waals surface area contributed by atoms with E-state index in [2.05, 4.69) is 20.5 Å². The lowest BCUT2D eigenvalue weighted by atomic mass is 10.2. The predicted molar refractivity (Wildman–Crippen MR) is 107 cm³/mol. The highest BCUT2D eigenvalue weighted by Gasteiger charge is 2.30. The normalized spacial score (nSPS) is 11.5. The average Bonchev–Trinajstić information content (AvgIpc) is 3.07. The molecule has 158 valence electrons. The Morgan fingerprint density at radius 2 is 2.03 bits per heavy atom. The lowest BCUT2D eigenvalue weighted by Gasteiger charge is -2.11. The van der Waals surface area contributed by atoms with Gasteiger partial charge in [-0.25, -0.2) is 4.98 Å². The molecule has 2 aromatic heterocycles. The fourth-order valence-corrected chi connectivity index (χ4v) is 3.61. The molecule has 0 saturated carbocycles. The molecule has 3 rings (SSSR count). The van der Waals surface area contributed by atoms with Gasteiger partial charge in [-0.05, 0) is 48.5 Å². The summed E-state index contributed by atoms with van der Waals surface area (Å²) in [5, 5.41) is 12.4. The fraction of sp³-hybridized carbons (Fsp3) is 0.263. The van der Waals surface area contributed by atoms with Crippen LogP contribution in [-0.4, -0.2) is 32.2 Å². The monoisotopic (exact) mass is 455 g/mol. The van der Waals surface area contributed by atoms with Gasteiger partial charge in [-0.15, -0.1) is 10.2 Å². The largest absolute Gasteiger partial charge is 0.417 e. The summed E-state index contributed by atoms with van der Waals surface area (Å²) in [6.45, 7) is 1.93. The second kappa shape index (κ2) is 9.48. The van der Waals surface area contributed by atoms with E-state index < -0.39 is 11.7 Å². The van der Waals surface area contributed by atoms with Crippen LogP contribution in [0.15, 0.2) is 52.8 Å². The Kier molecular flexibility index (Phi) is 6.99. The van der Waals surface area contributed by atoms with Crippen LogP contribution in [0.3, 0.4) is 0 Å². The summed E-state index contributed by atoms with van der Waals surface area (Å²) in [4.78, 5) is 14.9. The second-order valence-corrected chi connectivity index (χ2v) is 7.71. The smallest absolute Gasteiger partial charge is 0.356 e. The first-order valence-electron chi connectivity index (χ1n) is 8.90. The van der Waals surface area contributed by atoms with Gasteiger partial charge in [0.1, 0.15) is 10.9 Å². The Hall–Kier alpha value is -2.59. The van der Waals surface area contributed by atoms with Crippen LogP contribution >= 0.6 is 23.4 Å². The van der Waals surface area contributed by atoms with Crippen LogP contribution in [0.4, 0.5) is 13.2 Å². The van der Waals surface area contributed by atoms with Crippen molar-refractivity contribution in [3.05, 3.63) is 59.0 Å². The molecular weight excluding hydrogens is 439 g/mol. The quantitative estimate of drug-likeness (QED) is 0.529. The van der Waals surface area contributed by atoms with Crippen molar-refractivity contribution in [2.45, 2.75) is 36.1 Å². The van der Waals surface area contributed by atoms with E-state index >= 15 is 0 Å². The first-order chi connectivity index (χ1) is 14.2. The minimum absolute atomic E-state index is 0.115. The number of pyridine rings is 1. The number of nitrogens with zero attached hydrogens (tertiary/aromatic N) is 4. The van der Waals surface area contributed by atoms with Crippen LogP contribution in [0.25, 0.3) is 5.69 Å². The van der Waals surface area contributed by atoms with Crippen molar-refractivity contribution in [3.8, 4) is 5.69 Å². The lowest BCUT2D eigenvalue weighted by Crippen LogP contribution is -2.21. The minimum atomic E-state index is -4.45. The third-order valence-electron chi connectivity index (χ3n) is 3.98. The van der Waals surface area contributed by atoms with E-state index in [0.29, 0.717) is 40.4 Å². The topological polar surface area (TPSA) is 72.7 Å². The van der Waals surface area contributed by atoms with Gasteiger partial charge < -0.3 is 5.32 Å². The Balaban J connectivity index is 1.87. The SMILES string of the molecule is CC(=O)NCCCc1nnc(Sc2ccc(C(F)(F)F)cn2)n1-c1cccc(Cl)c1. The van der Waals surface area contributed by atoms with E-state index in [1.54, 1.807) is 22.8 Å². The summed E-state index contributed by atoms with van der Waals surface area (Å²) < 4.78 is 40.1. The molecule has 1 aromatic carbocycles. The van der Waals surface area contributed by atoms with Gasteiger partial charge in [0.15, 0.2) is 0 Å². The molecule has 11 heteroatoms. The lowest BCUT2D eigenvalue weighted by molar-refractivity contribution is -0.137. The maximum Gasteiger partial charge on any atom is 0.417 e. The number of alkyl halides is 3. The molecule has 1 N–H and O–H groups in total. The number of hydrogen-bond acceptors (Lipinski definition) is 5. The summed E-state index contributed by atoms with van der Waals surface area (Å²) in [7, 11) is 0. The van der Waals surface area contributed by atoms with Crippen LogP contribution in [-0.2, 0) is 17.4 Å². The van der Waals surface area contributed by atoms with E-state index in [4.69, 9.17) is 11.6 Å². The molecule has 0 aliphatic rings. The number of aromatic nitrogens is 4. The molecule has 0 spiro atoms. The number of rotatable bonds is 7. The molecule has 0 saturated heterocycles. The van der Waals surface area contributed by atoms with Gasteiger partial charge in [-0.2, -0.15) is 13.2 Å². The van der Waals surface area contributed by atoms with E-state index in [1.807, 2.05) is 6.07 Å². The number of aryl methyl sites for hydroxylation is 1. The molecule has 0 aliphatic carbocycles. The zero-order valence-electron chi connectivity index (χ0n) is 15.8. The van der Waals surface area contributed by atoms with Gasteiger partial charge in [-0.3, -0.25) is 9.36 Å². The van der Waals surface area contributed by atoms with E-state index in [9.17, 15) is 18.0 Å². The summed E-state index contributed by atoms with van der Waals surface area (Å²) in [6, 6.07) is 9.35. The fourth-order valence-electron chi connectivity index (χ4n) is 2.62. The summed E-state index contributed by atoms with van der Waals surface area (Å²) in [5.74, 6) is 0.521. The van der Waals surface area contributed by atoms with E-state index in [-0.39, 0.29) is 5.91 Å². The maximum atomic E-state index is 12.8. The van der Waals surface area contributed by atoms with Gasteiger partial charge in [0, 0.05) is 31.1 Å². The second-order valence-electron chi connectivity index (χ2n) is 6.29. The number of amides is 1. The average molecular weight is 456 g/mol. The number of nitrogens with one attached hydrogen (secondary N) is 1. The van der Waals surface area contributed by atoms with Crippen molar-refractivity contribution in [1.29, 1.82) is 0 Å². The van der Waals surface area contributed by atoms with Crippen LogP contribution in [0.2, 0.25) is 5.02 Å². The van der Waals surface area contributed by atoms with Crippen molar-refractivity contribution in [1.82, 2.24) is 25.1 Å². The van der Waals surface area contributed by atoms with Gasteiger partial charge in [0.2, 0.25) is 11.1 Å². The van der Waals surface area contributed by atoms with Crippen molar-refractivity contribution in [2.24, 2.45) is 0 Å². The molecule has 3 aromatic rings. The number of benzene rings is 1. The molecule has 6 nitrogen and oxygen atoms in total. The Morgan fingerprint density at radius 3 is 2.67 bits per heavy atom. The van der Waals surface area contributed by atoms with Crippen LogP contribution < -0.4 is 5.32 Å². The molecule has 0 radical (unpaired) electrons. The van der Waals surface area contributed by atoms with Crippen LogP contribution in [0, 0.1) is 0 Å². The first kappa shape index (κ1) is 22.1. The molecule has 30 heavy (non-hydrogen) atoms. The predicted octanol–water partition coefficient (Wildman–Crippen LogP) is 4.55. The van der Waals surface area contributed by atoms with Crippen molar-refractivity contribution in [2.75, 3.05) is 6.54 Å². The maximum absolute atomic E-state index is 12.8. The summed E-state index contributed by atoms with van der Waals surface area (Å²) >= 11 is 7.22. The number of halogens is 4. The van der Waals surface area contributed by atoms with Gasteiger partial charge in [0.25, 0.3) is 0 Å². The van der Waals surface area contributed by atoms with Gasteiger partial charge >= 0.3 is 6.18 Å².